The molecule has 7 heteroatoms. The van der Waals surface area contributed by atoms with E-state index in [0.717, 1.165) is 45.2 Å². The molecule has 2 saturated heterocycles. The highest BCUT2D eigenvalue weighted by Gasteiger charge is 2.79. The van der Waals surface area contributed by atoms with Gasteiger partial charge >= 0.3 is 17.9 Å². The third-order valence-corrected chi connectivity index (χ3v) is 10.6. The normalized spacial score (nSPS) is 47.2. The molecule has 4 bridgehead atoms. The number of carboxylic acids is 1. The maximum absolute atomic E-state index is 12.6. The molecule has 2 aliphatic heterocycles. The first kappa shape index (κ1) is 21.6. The van der Waals surface area contributed by atoms with Crippen LogP contribution in [0.1, 0.15) is 59.3 Å². The Kier molecular flexibility index (Phi) is 4.63. The van der Waals surface area contributed by atoms with Gasteiger partial charge in [0.2, 0.25) is 0 Å². The summed E-state index contributed by atoms with van der Waals surface area (Å²) in [6, 6.07) is 0.235. The largest absolute Gasteiger partial charge is 0.481 e. The molecular weight excluding hydrogens is 422 g/mol. The van der Waals surface area contributed by atoms with Gasteiger partial charge < -0.3 is 14.6 Å². The third kappa shape index (κ3) is 2.58. The van der Waals surface area contributed by atoms with Crippen molar-refractivity contribution < 1.29 is 29.0 Å². The lowest BCUT2D eigenvalue weighted by molar-refractivity contribution is -0.239. The molecule has 4 fully saturated rings. The summed E-state index contributed by atoms with van der Waals surface area (Å²) in [6.07, 6.45) is 4.84. The van der Waals surface area contributed by atoms with Gasteiger partial charge in [-0.2, -0.15) is 0 Å². The number of nitrogens with zero attached hydrogens (tertiary/aromatic N) is 1. The summed E-state index contributed by atoms with van der Waals surface area (Å²) in [7, 11) is 0. The topological polar surface area (TPSA) is 93.1 Å². The number of piperidine rings is 1. The van der Waals surface area contributed by atoms with Crippen LogP contribution in [0.2, 0.25) is 0 Å². The van der Waals surface area contributed by atoms with E-state index in [2.05, 4.69) is 11.8 Å². The first-order valence-electron chi connectivity index (χ1n) is 12.7. The highest BCUT2D eigenvalue weighted by Crippen LogP contribution is 2.77. The van der Waals surface area contributed by atoms with Crippen LogP contribution in [0.25, 0.3) is 0 Å². The number of hydrogen-bond donors (Lipinski definition) is 1. The molecule has 2 saturated carbocycles. The van der Waals surface area contributed by atoms with Crippen LogP contribution in [0.3, 0.4) is 0 Å². The fourth-order valence-corrected chi connectivity index (χ4v) is 9.89. The number of hydrogen-bond acceptors (Lipinski definition) is 6. The molecule has 0 amide bonds. The molecule has 4 aliphatic carbocycles. The lowest BCUT2D eigenvalue weighted by Crippen LogP contribution is -2.73. The highest BCUT2D eigenvalue weighted by atomic mass is 16.6. The van der Waals surface area contributed by atoms with E-state index >= 15 is 0 Å². The molecule has 9 unspecified atom stereocenters. The molecule has 1 N–H and O–H groups in total. The van der Waals surface area contributed by atoms with Crippen molar-refractivity contribution in [2.75, 3.05) is 19.7 Å². The van der Waals surface area contributed by atoms with E-state index in [4.69, 9.17) is 9.47 Å². The standard InChI is InChI=1S/C26H35NO6/c1-13-10-27-11-17-6-4-16-5-7-18-20(24(30)31)9-25(22(16)18)23(27)19(13)8-21(33-15(3)29)26(17,25)12-32-14(2)28/h13,17-21,23H,4-12H2,1-3H3,(H,30,31). The van der Waals surface area contributed by atoms with Crippen LogP contribution in [-0.4, -0.2) is 59.8 Å². The lowest BCUT2D eigenvalue weighted by atomic mass is 9.42. The third-order valence-electron chi connectivity index (χ3n) is 10.6. The van der Waals surface area contributed by atoms with Gasteiger partial charge in [-0.25, -0.2) is 0 Å². The van der Waals surface area contributed by atoms with Crippen molar-refractivity contribution in [2.24, 2.45) is 40.4 Å². The molecule has 7 nitrogen and oxygen atoms in total. The number of carboxylic acid groups (broad SMARTS) is 1. The minimum Gasteiger partial charge on any atom is -0.481 e. The molecule has 9 atom stereocenters. The van der Waals surface area contributed by atoms with E-state index in [1.807, 2.05) is 0 Å². The van der Waals surface area contributed by atoms with Gasteiger partial charge in [-0.05, 0) is 62.2 Å². The van der Waals surface area contributed by atoms with Gasteiger partial charge in [-0.3, -0.25) is 19.3 Å². The zero-order valence-electron chi connectivity index (χ0n) is 19.8. The summed E-state index contributed by atoms with van der Waals surface area (Å²) >= 11 is 0. The first-order chi connectivity index (χ1) is 15.7. The number of esters is 2. The average Bonchev–Trinajstić information content (AvgIpc) is 3.37. The van der Waals surface area contributed by atoms with Crippen LogP contribution in [0.5, 0.6) is 0 Å². The summed E-state index contributed by atoms with van der Waals surface area (Å²) in [5, 5.41) is 10.3. The van der Waals surface area contributed by atoms with E-state index in [1.54, 1.807) is 0 Å². The summed E-state index contributed by atoms with van der Waals surface area (Å²) < 4.78 is 12.0. The van der Waals surface area contributed by atoms with Crippen LogP contribution in [-0.2, 0) is 23.9 Å². The Morgan fingerprint density at radius 2 is 1.88 bits per heavy atom. The van der Waals surface area contributed by atoms with Crippen molar-refractivity contribution >= 4 is 17.9 Å². The van der Waals surface area contributed by atoms with Gasteiger partial charge in [-0.15, -0.1) is 0 Å². The molecule has 180 valence electrons. The Hall–Kier alpha value is -1.89. The number of ether oxygens (including phenoxy) is 2. The van der Waals surface area contributed by atoms with Gasteiger partial charge in [-0.1, -0.05) is 18.1 Å². The summed E-state index contributed by atoms with van der Waals surface area (Å²) in [6.45, 7) is 7.34. The van der Waals surface area contributed by atoms with Crippen LogP contribution in [0.15, 0.2) is 11.1 Å². The van der Waals surface area contributed by atoms with Gasteiger partial charge in [0, 0.05) is 38.4 Å². The van der Waals surface area contributed by atoms with E-state index in [0.29, 0.717) is 18.3 Å². The molecule has 1 spiro atoms. The van der Waals surface area contributed by atoms with E-state index in [1.165, 1.54) is 25.0 Å². The predicted molar refractivity (Wildman–Crippen MR) is 118 cm³/mol. The smallest absolute Gasteiger partial charge is 0.307 e. The number of carbonyl (C=O) groups is 3. The molecule has 6 rings (SSSR count). The van der Waals surface area contributed by atoms with Crippen molar-refractivity contribution in [1.29, 1.82) is 0 Å². The Bertz CT molecular complexity index is 958. The highest BCUT2D eigenvalue weighted by molar-refractivity contribution is 5.74. The number of aliphatic carboxylic acids is 1. The van der Waals surface area contributed by atoms with Crippen LogP contribution >= 0.6 is 0 Å². The van der Waals surface area contributed by atoms with Crippen molar-refractivity contribution in [3.8, 4) is 0 Å². The molecule has 0 aromatic heterocycles. The van der Waals surface area contributed by atoms with E-state index in [9.17, 15) is 19.5 Å². The molecule has 33 heavy (non-hydrogen) atoms. The molecule has 6 aliphatic rings. The molecule has 0 aromatic rings. The summed E-state index contributed by atoms with van der Waals surface area (Å²) in [4.78, 5) is 39.7. The maximum Gasteiger partial charge on any atom is 0.307 e. The molecular formula is C26H35NO6. The van der Waals surface area contributed by atoms with Gasteiger partial charge in [0.05, 0.1) is 11.3 Å². The zero-order chi connectivity index (χ0) is 23.3. The molecule has 0 aromatic carbocycles. The molecule has 2 heterocycles. The zero-order valence-corrected chi connectivity index (χ0v) is 19.8. The second-order valence-electron chi connectivity index (χ2n) is 11.7. The number of rotatable bonds is 4. The minimum absolute atomic E-state index is 0.0561. The summed E-state index contributed by atoms with van der Waals surface area (Å²) in [5.41, 5.74) is 1.86. The number of allylic oxidation sites excluding steroid dienone is 1. The van der Waals surface area contributed by atoms with Crippen molar-refractivity contribution in [2.45, 2.75) is 71.4 Å². The van der Waals surface area contributed by atoms with Crippen molar-refractivity contribution in [3.63, 3.8) is 0 Å². The predicted octanol–water partition coefficient (Wildman–Crippen LogP) is 3.03. The quantitative estimate of drug-likeness (QED) is 0.512. The Morgan fingerprint density at radius 3 is 2.58 bits per heavy atom. The van der Waals surface area contributed by atoms with Crippen molar-refractivity contribution in [1.82, 2.24) is 4.90 Å². The van der Waals surface area contributed by atoms with E-state index in [-0.39, 0.29) is 42.5 Å². The van der Waals surface area contributed by atoms with Crippen LogP contribution < -0.4 is 0 Å². The second kappa shape index (κ2) is 7.06. The Morgan fingerprint density at radius 1 is 1.12 bits per heavy atom. The van der Waals surface area contributed by atoms with Crippen LogP contribution in [0, 0.1) is 40.4 Å². The number of carbonyl (C=O) groups excluding carboxylic acids is 2. The van der Waals surface area contributed by atoms with Crippen molar-refractivity contribution in [3.05, 3.63) is 11.1 Å². The van der Waals surface area contributed by atoms with Gasteiger partial charge in [0.25, 0.3) is 0 Å². The SMILES string of the molecule is CC(=O)OCC12C3CCC4=C5C(CC4)C(C(=O)O)CC51C1C(CC2OC(C)=O)C(C)CN1C3. The average molecular weight is 458 g/mol. The van der Waals surface area contributed by atoms with E-state index < -0.39 is 22.7 Å². The fourth-order valence-electron chi connectivity index (χ4n) is 9.89. The fraction of sp³-hybridized carbons (Fsp3) is 0.808. The Labute approximate surface area is 194 Å². The second-order valence-corrected chi connectivity index (χ2v) is 11.7. The Balaban J connectivity index is 1.63. The van der Waals surface area contributed by atoms with Gasteiger partial charge in [0.1, 0.15) is 12.7 Å². The maximum atomic E-state index is 12.6. The van der Waals surface area contributed by atoms with Crippen LogP contribution in [0.4, 0.5) is 0 Å². The molecule has 0 radical (unpaired) electrons. The monoisotopic (exact) mass is 457 g/mol. The van der Waals surface area contributed by atoms with Gasteiger partial charge in [0.15, 0.2) is 0 Å². The minimum atomic E-state index is -0.710. The first-order valence-corrected chi connectivity index (χ1v) is 12.7. The lowest BCUT2D eigenvalue weighted by Gasteiger charge is -2.67. The summed E-state index contributed by atoms with van der Waals surface area (Å²) in [5.74, 6) is -0.689.